The first-order valence-electron chi connectivity index (χ1n) is 9.88. The van der Waals surface area contributed by atoms with E-state index in [1.165, 1.54) is 22.9 Å². The number of aryl methyl sites for hydroxylation is 2. The zero-order chi connectivity index (χ0) is 22.7. The first-order valence-corrected chi connectivity index (χ1v) is 12.0. The Morgan fingerprint density at radius 1 is 1.03 bits per heavy atom. The number of nitrogens with zero attached hydrogens (tertiary/aromatic N) is 3. The molecule has 0 atom stereocenters. The first kappa shape index (κ1) is 22.6. The van der Waals surface area contributed by atoms with E-state index in [0.717, 1.165) is 21.5 Å². The normalized spacial score (nSPS) is 10.9. The molecule has 5 nitrogen and oxygen atoms in total. The summed E-state index contributed by atoms with van der Waals surface area (Å²) in [7, 11) is 0. The predicted octanol–water partition coefficient (Wildman–Crippen LogP) is 6.70. The van der Waals surface area contributed by atoms with E-state index in [4.69, 9.17) is 11.6 Å². The molecular weight excluding hydrogens is 508 g/mol. The quantitative estimate of drug-likeness (QED) is 0.284. The highest BCUT2D eigenvalue weighted by molar-refractivity contribution is 9.10. The van der Waals surface area contributed by atoms with E-state index in [1.807, 2.05) is 47.0 Å². The second-order valence-corrected chi connectivity index (χ2v) is 9.50. The fourth-order valence-electron chi connectivity index (χ4n) is 3.14. The molecule has 0 radical (unpaired) electrons. The molecule has 0 bridgehead atoms. The third-order valence-electron chi connectivity index (χ3n) is 4.95. The van der Waals surface area contributed by atoms with Gasteiger partial charge in [-0.15, -0.1) is 10.2 Å². The third kappa shape index (κ3) is 5.06. The molecule has 0 spiro atoms. The summed E-state index contributed by atoms with van der Waals surface area (Å²) in [6.45, 7) is 4.16. The van der Waals surface area contributed by atoms with Gasteiger partial charge in [-0.3, -0.25) is 9.36 Å². The molecule has 4 aromatic rings. The Hall–Kier alpha value is -2.61. The molecule has 1 N–H and O–H groups in total. The van der Waals surface area contributed by atoms with Gasteiger partial charge >= 0.3 is 0 Å². The largest absolute Gasteiger partial charge is 0.324 e. The maximum atomic E-state index is 12.6. The Bertz CT molecular complexity index is 1280. The first-order chi connectivity index (χ1) is 15.4. The number of hydrogen-bond acceptors (Lipinski definition) is 4. The molecule has 0 fully saturated rings. The van der Waals surface area contributed by atoms with E-state index in [1.54, 1.807) is 12.1 Å². The van der Waals surface area contributed by atoms with Gasteiger partial charge in [0.15, 0.2) is 11.0 Å². The summed E-state index contributed by atoms with van der Waals surface area (Å²) in [6.07, 6.45) is 0. The molecule has 0 aliphatic heterocycles. The van der Waals surface area contributed by atoms with Gasteiger partial charge in [0, 0.05) is 10.0 Å². The molecule has 1 amide bonds. The summed E-state index contributed by atoms with van der Waals surface area (Å²) in [5.74, 6) is 0.729. The lowest BCUT2D eigenvalue weighted by Gasteiger charge is -2.12. The fourth-order valence-corrected chi connectivity index (χ4v) is 4.61. The number of benzene rings is 3. The predicted molar refractivity (Wildman–Crippen MR) is 135 cm³/mol. The van der Waals surface area contributed by atoms with Crippen LogP contribution in [-0.2, 0) is 4.79 Å². The van der Waals surface area contributed by atoms with Gasteiger partial charge in [-0.25, -0.2) is 0 Å². The van der Waals surface area contributed by atoms with Gasteiger partial charge in [-0.05, 0) is 55.3 Å². The van der Waals surface area contributed by atoms with Gasteiger partial charge in [-0.1, -0.05) is 75.7 Å². The molecule has 1 heterocycles. The van der Waals surface area contributed by atoms with Crippen molar-refractivity contribution in [3.05, 3.63) is 87.4 Å². The van der Waals surface area contributed by atoms with Crippen molar-refractivity contribution in [2.45, 2.75) is 19.0 Å². The molecule has 0 aliphatic carbocycles. The van der Waals surface area contributed by atoms with E-state index in [2.05, 4.69) is 57.4 Å². The number of anilines is 1. The minimum Gasteiger partial charge on any atom is -0.324 e. The molecule has 0 saturated heterocycles. The maximum absolute atomic E-state index is 12.6. The lowest BCUT2D eigenvalue weighted by Crippen LogP contribution is -2.15. The molecule has 3 aromatic carbocycles. The molecule has 8 heteroatoms. The second-order valence-electron chi connectivity index (χ2n) is 7.24. The van der Waals surface area contributed by atoms with Gasteiger partial charge in [0.25, 0.3) is 0 Å². The molecule has 0 saturated carbocycles. The summed E-state index contributed by atoms with van der Waals surface area (Å²) in [5, 5.41) is 12.8. The van der Waals surface area contributed by atoms with E-state index < -0.39 is 0 Å². The van der Waals surface area contributed by atoms with Crippen molar-refractivity contribution in [2.75, 3.05) is 11.1 Å². The van der Waals surface area contributed by atoms with Gasteiger partial charge in [0.1, 0.15) is 0 Å². The van der Waals surface area contributed by atoms with Crippen LogP contribution in [-0.4, -0.2) is 26.4 Å². The Morgan fingerprint density at radius 2 is 1.81 bits per heavy atom. The third-order valence-corrected chi connectivity index (χ3v) is 6.69. The molecule has 0 unspecified atom stereocenters. The summed E-state index contributed by atoms with van der Waals surface area (Å²) < 4.78 is 2.84. The van der Waals surface area contributed by atoms with Crippen LogP contribution in [0.15, 0.2) is 76.4 Å². The maximum Gasteiger partial charge on any atom is 0.234 e. The zero-order valence-electron chi connectivity index (χ0n) is 17.5. The van der Waals surface area contributed by atoms with Crippen LogP contribution >= 0.6 is 39.3 Å². The SMILES string of the molecule is Cc1ccc(-n2c(SCC(=O)Nc3ccc(Br)cc3Cl)nnc2-c2ccccc2)cc1C. The molecule has 4 rings (SSSR count). The Morgan fingerprint density at radius 3 is 2.53 bits per heavy atom. The zero-order valence-corrected chi connectivity index (χ0v) is 20.6. The number of aromatic nitrogens is 3. The molecule has 1 aromatic heterocycles. The van der Waals surface area contributed by atoms with Crippen molar-refractivity contribution in [1.82, 2.24) is 14.8 Å². The van der Waals surface area contributed by atoms with Gasteiger partial charge in [0.05, 0.1) is 22.2 Å². The monoisotopic (exact) mass is 526 g/mol. The average Bonchev–Trinajstić information content (AvgIpc) is 3.21. The van der Waals surface area contributed by atoms with Crippen LogP contribution in [0, 0.1) is 13.8 Å². The number of halogens is 2. The van der Waals surface area contributed by atoms with Gasteiger partial charge in [-0.2, -0.15) is 0 Å². The van der Waals surface area contributed by atoms with Crippen LogP contribution in [0.4, 0.5) is 5.69 Å². The number of rotatable bonds is 6. The number of amides is 1. The van der Waals surface area contributed by atoms with Crippen molar-refractivity contribution >= 4 is 50.9 Å². The summed E-state index contributed by atoms with van der Waals surface area (Å²) in [6, 6.07) is 21.5. The number of carbonyl (C=O) groups excluding carboxylic acids is 1. The summed E-state index contributed by atoms with van der Waals surface area (Å²) >= 11 is 10.9. The van der Waals surface area contributed by atoms with Crippen LogP contribution in [0.2, 0.25) is 5.02 Å². The highest BCUT2D eigenvalue weighted by Gasteiger charge is 2.18. The van der Waals surface area contributed by atoms with Crippen LogP contribution in [0.25, 0.3) is 17.1 Å². The van der Waals surface area contributed by atoms with E-state index in [0.29, 0.717) is 15.9 Å². The van der Waals surface area contributed by atoms with Gasteiger partial charge in [0.2, 0.25) is 5.91 Å². The Labute approximate surface area is 204 Å². The number of thioether (sulfide) groups is 1. The number of nitrogens with one attached hydrogen (secondary N) is 1. The molecule has 0 aliphatic rings. The Balaban J connectivity index is 1.61. The van der Waals surface area contributed by atoms with E-state index >= 15 is 0 Å². The fraction of sp³-hybridized carbons (Fsp3) is 0.125. The second kappa shape index (κ2) is 9.90. The average molecular weight is 528 g/mol. The van der Waals surface area contributed by atoms with Crippen LogP contribution in [0.5, 0.6) is 0 Å². The summed E-state index contributed by atoms with van der Waals surface area (Å²) in [5.41, 5.74) is 4.87. The van der Waals surface area contributed by atoms with Crippen molar-refractivity contribution in [1.29, 1.82) is 0 Å². The molecule has 32 heavy (non-hydrogen) atoms. The highest BCUT2D eigenvalue weighted by Crippen LogP contribution is 2.30. The standard InChI is InChI=1S/C24H20BrClN4OS/c1-15-8-10-19(12-16(15)2)30-23(17-6-4-3-5-7-17)28-29-24(30)32-14-22(31)27-21-11-9-18(25)13-20(21)26/h3-13H,14H2,1-2H3,(H,27,31). The van der Waals surface area contributed by atoms with E-state index in [-0.39, 0.29) is 11.7 Å². The summed E-state index contributed by atoms with van der Waals surface area (Å²) in [4.78, 5) is 12.6. The van der Waals surface area contributed by atoms with Crippen molar-refractivity contribution in [3.8, 4) is 17.1 Å². The smallest absolute Gasteiger partial charge is 0.234 e. The minimum absolute atomic E-state index is 0.171. The van der Waals surface area contributed by atoms with Crippen molar-refractivity contribution in [2.24, 2.45) is 0 Å². The van der Waals surface area contributed by atoms with E-state index in [9.17, 15) is 4.79 Å². The van der Waals surface area contributed by atoms with Crippen LogP contribution in [0.1, 0.15) is 11.1 Å². The van der Waals surface area contributed by atoms with Crippen LogP contribution in [0.3, 0.4) is 0 Å². The van der Waals surface area contributed by atoms with Crippen LogP contribution < -0.4 is 5.32 Å². The topological polar surface area (TPSA) is 59.8 Å². The van der Waals surface area contributed by atoms with Crippen molar-refractivity contribution < 1.29 is 4.79 Å². The Kier molecular flexibility index (Phi) is 6.98. The number of carbonyl (C=O) groups is 1. The minimum atomic E-state index is -0.171. The molecule has 162 valence electrons. The lowest BCUT2D eigenvalue weighted by molar-refractivity contribution is -0.113. The van der Waals surface area contributed by atoms with Crippen molar-refractivity contribution in [3.63, 3.8) is 0 Å². The van der Waals surface area contributed by atoms with Gasteiger partial charge < -0.3 is 5.32 Å². The highest BCUT2D eigenvalue weighted by atomic mass is 79.9. The molecular formula is C24H20BrClN4OS. The lowest BCUT2D eigenvalue weighted by atomic mass is 10.1. The number of hydrogen-bond donors (Lipinski definition) is 1.